The van der Waals surface area contributed by atoms with E-state index in [1.807, 2.05) is 29.8 Å². The van der Waals surface area contributed by atoms with Crippen molar-refractivity contribution in [2.24, 2.45) is 12.8 Å². The standard InChI is InChI=1S/C26H32N6O3/c1-31-22-12-9-18(26(35)32(14-13-24(33)34)20-5-3-2-4-6-20)15-21(22)30-23(31)16-29-19-10-7-17(8-11-19)25(27)28/h7-12,15,20,29H,2-6,13-14,16H2,1H3,(H3,27,28)(H,33,34). The second-order valence-electron chi connectivity index (χ2n) is 9.07. The smallest absolute Gasteiger partial charge is 0.305 e. The number of hydrogen-bond acceptors (Lipinski definition) is 5. The van der Waals surface area contributed by atoms with E-state index in [2.05, 4.69) is 5.32 Å². The third-order valence-electron chi connectivity index (χ3n) is 6.71. The van der Waals surface area contributed by atoms with Crippen LogP contribution in [0.1, 0.15) is 60.3 Å². The quantitative estimate of drug-likeness (QED) is 0.274. The topological polar surface area (TPSA) is 137 Å². The van der Waals surface area contributed by atoms with E-state index >= 15 is 0 Å². The predicted molar refractivity (Wildman–Crippen MR) is 136 cm³/mol. The summed E-state index contributed by atoms with van der Waals surface area (Å²) in [6, 6.07) is 12.9. The number of carbonyl (C=O) groups excluding carboxylic acids is 1. The highest BCUT2D eigenvalue weighted by atomic mass is 16.4. The van der Waals surface area contributed by atoms with Gasteiger partial charge in [-0.05, 0) is 55.3 Å². The minimum Gasteiger partial charge on any atom is -0.481 e. The molecule has 1 heterocycles. The summed E-state index contributed by atoms with van der Waals surface area (Å²) in [6.07, 6.45) is 5.07. The van der Waals surface area contributed by atoms with Crippen LogP contribution >= 0.6 is 0 Å². The fraction of sp³-hybridized carbons (Fsp3) is 0.385. The number of aliphatic carboxylic acids is 1. The lowest BCUT2D eigenvalue weighted by atomic mass is 9.93. The van der Waals surface area contributed by atoms with Gasteiger partial charge >= 0.3 is 5.97 Å². The van der Waals surface area contributed by atoms with Gasteiger partial charge in [-0.3, -0.25) is 15.0 Å². The van der Waals surface area contributed by atoms with Crippen molar-refractivity contribution >= 4 is 34.4 Å². The number of carboxylic acids is 1. The predicted octanol–water partition coefficient (Wildman–Crippen LogP) is 3.72. The van der Waals surface area contributed by atoms with Gasteiger partial charge in [-0.2, -0.15) is 0 Å². The summed E-state index contributed by atoms with van der Waals surface area (Å²) in [5, 5.41) is 20.0. The number of aromatic nitrogens is 2. The molecule has 2 aromatic carbocycles. The number of anilines is 1. The number of nitrogen functional groups attached to an aromatic ring is 1. The molecular formula is C26H32N6O3. The molecule has 184 valence electrons. The van der Waals surface area contributed by atoms with Gasteiger partial charge in [0.25, 0.3) is 5.91 Å². The van der Waals surface area contributed by atoms with Crippen LogP contribution < -0.4 is 11.1 Å². The highest BCUT2D eigenvalue weighted by Gasteiger charge is 2.27. The Hall–Kier alpha value is -3.88. The van der Waals surface area contributed by atoms with E-state index in [0.717, 1.165) is 54.6 Å². The molecule has 5 N–H and O–H groups in total. The first-order chi connectivity index (χ1) is 16.8. The van der Waals surface area contributed by atoms with E-state index in [9.17, 15) is 14.7 Å². The average molecular weight is 477 g/mol. The van der Waals surface area contributed by atoms with E-state index < -0.39 is 5.97 Å². The number of imidazole rings is 1. The first-order valence-electron chi connectivity index (χ1n) is 12.0. The van der Waals surface area contributed by atoms with Crippen LogP contribution in [-0.2, 0) is 18.4 Å². The minimum absolute atomic E-state index is 0.0299. The lowest BCUT2D eigenvalue weighted by molar-refractivity contribution is -0.137. The second-order valence-corrected chi connectivity index (χ2v) is 9.07. The molecule has 9 nitrogen and oxygen atoms in total. The Kier molecular flexibility index (Phi) is 7.33. The monoisotopic (exact) mass is 476 g/mol. The molecule has 35 heavy (non-hydrogen) atoms. The Morgan fingerprint density at radius 2 is 1.83 bits per heavy atom. The summed E-state index contributed by atoms with van der Waals surface area (Å²) in [5.41, 5.74) is 9.24. The van der Waals surface area contributed by atoms with Crippen molar-refractivity contribution in [3.8, 4) is 0 Å². The molecule has 0 aliphatic heterocycles. The molecule has 1 fully saturated rings. The molecule has 0 radical (unpaired) electrons. The summed E-state index contributed by atoms with van der Waals surface area (Å²) < 4.78 is 1.99. The number of aryl methyl sites for hydroxylation is 1. The molecular weight excluding hydrogens is 444 g/mol. The van der Waals surface area contributed by atoms with Crippen molar-refractivity contribution in [2.45, 2.75) is 51.1 Å². The Morgan fingerprint density at radius 1 is 1.14 bits per heavy atom. The number of nitrogens with one attached hydrogen (secondary N) is 2. The molecule has 1 saturated carbocycles. The summed E-state index contributed by atoms with van der Waals surface area (Å²) >= 11 is 0. The fourth-order valence-electron chi connectivity index (χ4n) is 4.71. The van der Waals surface area contributed by atoms with Gasteiger partial charge < -0.3 is 25.6 Å². The lowest BCUT2D eigenvalue weighted by Gasteiger charge is -2.34. The lowest BCUT2D eigenvalue weighted by Crippen LogP contribution is -2.42. The van der Waals surface area contributed by atoms with Crippen molar-refractivity contribution in [1.29, 1.82) is 5.41 Å². The molecule has 0 atom stereocenters. The van der Waals surface area contributed by atoms with Crippen LogP contribution in [-0.4, -0.2) is 49.9 Å². The van der Waals surface area contributed by atoms with Crippen molar-refractivity contribution < 1.29 is 14.7 Å². The number of benzene rings is 2. The molecule has 4 rings (SSSR count). The molecule has 1 aromatic heterocycles. The maximum atomic E-state index is 13.4. The molecule has 0 saturated heterocycles. The van der Waals surface area contributed by atoms with Crippen LogP contribution in [0.4, 0.5) is 5.69 Å². The zero-order valence-corrected chi connectivity index (χ0v) is 20.0. The van der Waals surface area contributed by atoms with E-state index in [0.29, 0.717) is 17.7 Å². The minimum atomic E-state index is -0.896. The van der Waals surface area contributed by atoms with Gasteiger partial charge in [0.15, 0.2) is 0 Å². The Bertz CT molecular complexity index is 1230. The highest BCUT2D eigenvalue weighted by molar-refractivity contribution is 5.98. The summed E-state index contributed by atoms with van der Waals surface area (Å²) in [4.78, 5) is 31.1. The second kappa shape index (κ2) is 10.6. The van der Waals surface area contributed by atoms with Crippen LogP contribution in [0.3, 0.4) is 0 Å². The number of nitrogens with zero attached hydrogens (tertiary/aromatic N) is 3. The molecule has 1 aliphatic carbocycles. The number of carbonyl (C=O) groups is 2. The average Bonchev–Trinajstić information content (AvgIpc) is 3.18. The largest absolute Gasteiger partial charge is 0.481 e. The van der Waals surface area contributed by atoms with Crippen molar-refractivity contribution in [1.82, 2.24) is 14.5 Å². The highest BCUT2D eigenvalue weighted by Crippen LogP contribution is 2.26. The van der Waals surface area contributed by atoms with E-state index in [1.165, 1.54) is 0 Å². The fourth-order valence-corrected chi connectivity index (χ4v) is 4.71. The number of carboxylic acid groups (broad SMARTS) is 1. The van der Waals surface area contributed by atoms with Gasteiger partial charge in [-0.25, -0.2) is 4.98 Å². The Balaban J connectivity index is 1.52. The normalized spacial score (nSPS) is 14.1. The first-order valence-corrected chi connectivity index (χ1v) is 12.0. The van der Waals surface area contributed by atoms with Gasteiger partial charge in [-0.1, -0.05) is 19.3 Å². The van der Waals surface area contributed by atoms with Crippen LogP contribution in [0.15, 0.2) is 42.5 Å². The van der Waals surface area contributed by atoms with Gasteiger partial charge in [-0.15, -0.1) is 0 Å². The molecule has 0 bridgehead atoms. The van der Waals surface area contributed by atoms with Gasteiger partial charge in [0.05, 0.1) is 24.0 Å². The first kappa shape index (κ1) is 24.3. The van der Waals surface area contributed by atoms with Gasteiger partial charge in [0.2, 0.25) is 0 Å². The maximum absolute atomic E-state index is 13.4. The maximum Gasteiger partial charge on any atom is 0.305 e. The van der Waals surface area contributed by atoms with Gasteiger partial charge in [0, 0.05) is 36.4 Å². The van der Waals surface area contributed by atoms with Gasteiger partial charge in [0.1, 0.15) is 11.7 Å². The SMILES string of the molecule is Cn1c(CNc2ccc(C(=N)N)cc2)nc2cc(C(=O)N(CCC(=O)O)C3CCCCC3)ccc21. The Labute approximate surface area is 204 Å². The van der Waals surface area contributed by atoms with Crippen molar-refractivity contribution in [3.05, 3.63) is 59.4 Å². The van der Waals surface area contributed by atoms with E-state index in [4.69, 9.17) is 16.1 Å². The van der Waals surface area contributed by atoms with Crippen LogP contribution in [0.2, 0.25) is 0 Å². The Morgan fingerprint density at radius 3 is 2.49 bits per heavy atom. The molecule has 1 aliphatic rings. The summed E-state index contributed by atoms with van der Waals surface area (Å²) in [6.45, 7) is 0.706. The summed E-state index contributed by atoms with van der Waals surface area (Å²) in [7, 11) is 1.94. The molecule has 3 aromatic rings. The molecule has 1 amide bonds. The van der Waals surface area contributed by atoms with E-state index in [-0.39, 0.29) is 30.8 Å². The number of fused-ring (bicyclic) bond motifs is 1. The molecule has 0 unspecified atom stereocenters. The van der Waals surface area contributed by atoms with Crippen LogP contribution in [0.5, 0.6) is 0 Å². The van der Waals surface area contributed by atoms with Crippen LogP contribution in [0.25, 0.3) is 11.0 Å². The zero-order chi connectivity index (χ0) is 24.9. The van der Waals surface area contributed by atoms with E-state index in [1.54, 1.807) is 29.2 Å². The summed E-state index contributed by atoms with van der Waals surface area (Å²) in [5.74, 6) is -0.180. The molecule has 0 spiro atoms. The number of amides is 1. The molecule has 9 heteroatoms. The zero-order valence-electron chi connectivity index (χ0n) is 20.0. The number of nitrogens with two attached hydrogens (primary N) is 1. The number of hydrogen-bond donors (Lipinski definition) is 4. The van der Waals surface area contributed by atoms with Crippen LogP contribution in [0, 0.1) is 5.41 Å². The third-order valence-corrected chi connectivity index (χ3v) is 6.71. The van der Waals surface area contributed by atoms with Crippen molar-refractivity contribution in [3.63, 3.8) is 0 Å². The number of rotatable bonds is 9. The van der Waals surface area contributed by atoms with Crippen molar-refractivity contribution in [2.75, 3.05) is 11.9 Å². The number of amidine groups is 1. The third kappa shape index (κ3) is 5.62.